The third kappa shape index (κ3) is 2.19. The molecule has 0 saturated heterocycles. The first kappa shape index (κ1) is 10.9. The van der Waals surface area contributed by atoms with E-state index in [1.54, 1.807) is 12.5 Å². The zero-order valence-corrected chi connectivity index (χ0v) is 9.14. The lowest BCUT2D eigenvalue weighted by molar-refractivity contribution is 0.249. The Morgan fingerprint density at radius 3 is 2.43 bits per heavy atom. The van der Waals surface area contributed by atoms with E-state index < -0.39 is 0 Å². The molecule has 2 unspecified atom stereocenters. The van der Waals surface area contributed by atoms with Gasteiger partial charge in [0.1, 0.15) is 6.04 Å². The molecule has 0 aliphatic heterocycles. The van der Waals surface area contributed by atoms with Gasteiger partial charge in [-0.15, -0.1) is 0 Å². The Morgan fingerprint density at radius 2 is 2.07 bits per heavy atom. The highest BCUT2D eigenvalue weighted by molar-refractivity contribution is 4.91. The largest absolute Gasteiger partial charge is 0.332 e. The number of nitrogens with zero attached hydrogens (tertiary/aromatic N) is 3. The van der Waals surface area contributed by atoms with Gasteiger partial charge >= 0.3 is 0 Å². The molecule has 1 aromatic heterocycles. The molecule has 0 aliphatic carbocycles. The fourth-order valence-electron chi connectivity index (χ4n) is 1.64. The van der Waals surface area contributed by atoms with E-state index in [-0.39, 0.29) is 17.5 Å². The Hall–Kier alpha value is -1.19. The van der Waals surface area contributed by atoms with Crippen LogP contribution in [-0.2, 0) is 0 Å². The van der Waals surface area contributed by atoms with E-state index in [1.807, 2.05) is 38.5 Å². The number of aromatic nitrogens is 2. The number of hydrogen-bond donors (Lipinski definition) is 0. The molecule has 2 atom stereocenters. The molecule has 4 heteroatoms. The summed E-state index contributed by atoms with van der Waals surface area (Å²) in [6.07, 6.45) is 5.28. The van der Waals surface area contributed by atoms with Crippen LogP contribution >= 0.6 is 0 Å². The van der Waals surface area contributed by atoms with Gasteiger partial charge in [-0.1, -0.05) is 25.9 Å². The van der Waals surface area contributed by atoms with Crippen molar-refractivity contribution in [2.75, 3.05) is 0 Å². The molecule has 4 nitrogen and oxygen atoms in total. The van der Waals surface area contributed by atoms with Crippen LogP contribution in [0.5, 0.6) is 0 Å². The average molecular weight is 195 g/mol. The third-order valence-corrected chi connectivity index (χ3v) is 2.45. The van der Waals surface area contributed by atoms with Crippen molar-refractivity contribution in [3.8, 4) is 0 Å². The lowest BCUT2D eigenvalue weighted by Gasteiger charge is -2.30. The van der Waals surface area contributed by atoms with Crippen molar-refractivity contribution in [1.29, 1.82) is 0 Å². The lowest BCUT2D eigenvalue weighted by atomic mass is 9.83. The Bertz CT molecular complexity index is 287. The smallest absolute Gasteiger partial charge is 0.117 e. The SMILES string of the molecule is CC(C(N=O)C(C)(C)C)n1ccnc1. The minimum absolute atomic E-state index is 0.0509. The molecule has 0 radical (unpaired) electrons. The normalized spacial score (nSPS) is 16.3. The van der Waals surface area contributed by atoms with E-state index in [2.05, 4.69) is 10.2 Å². The van der Waals surface area contributed by atoms with Crippen LogP contribution in [-0.4, -0.2) is 15.6 Å². The van der Waals surface area contributed by atoms with Gasteiger partial charge in [0, 0.05) is 12.4 Å². The zero-order chi connectivity index (χ0) is 10.8. The van der Waals surface area contributed by atoms with Gasteiger partial charge in [-0.25, -0.2) is 4.98 Å². The quantitative estimate of drug-likeness (QED) is 0.696. The summed E-state index contributed by atoms with van der Waals surface area (Å²) in [6, 6.07) is -0.188. The topological polar surface area (TPSA) is 47.2 Å². The molecule has 0 N–H and O–H groups in total. The molecule has 0 spiro atoms. The van der Waals surface area contributed by atoms with E-state index in [9.17, 15) is 4.91 Å². The van der Waals surface area contributed by atoms with Crippen LogP contribution < -0.4 is 0 Å². The highest BCUT2D eigenvalue weighted by atomic mass is 16.3. The summed E-state index contributed by atoms with van der Waals surface area (Å²) in [5.74, 6) is 0. The fraction of sp³-hybridized carbons (Fsp3) is 0.700. The molecular formula is C10H17N3O. The predicted octanol–water partition coefficient (Wildman–Crippen LogP) is 2.63. The standard InChI is InChI=1S/C10H17N3O/c1-8(13-6-5-11-7-13)9(12-14)10(2,3)4/h5-9H,1-4H3. The molecule has 0 aromatic carbocycles. The highest BCUT2D eigenvalue weighted by Crippen LogP contribution is 2.30. The molecule has 1 aromatic rings. The van der Waals surface area contributed by atoms with Crippen LogP contribution in [0.1, 0.15) is 33.7 Å². The van der Waals surface area contributed by atoms with Crippen LogP contribution in [0.2, 0.25) is 0 Å². The average Bonchev–Trinajstić information content (AvgIpc) is 2.53. The summed E-state index contributed by atoms with van der Waals surface area (Å²) < 4.78 is 1.91. The molecule has 0 saturated carbocycles. The molecule has 1 rings (SSSR count). The Kier molecular flexibility index (Phi) is 3.03. The van der Waals surface area contributed by atoms with Gasteiger partial charge in [0.25, 0.3) is 0 Å². The molecule has 0 amide bonds. The molecule has 0 aliphatic rings. The maximum absolute atomic E-state index is 10.8. The molecule has 1 heterocycles. The first-order valence-electron chi connectivity index (χ1n) is 4.76. The van der Waals surface area contributed by atoms with Crippen molar-refractivity contribution in [2.45, 2.75) is 39.8 Å². The van der Waals surface area contributed by atoms with Crippen LogP contribution in [0.15, 0.2) is 23.9 Å². The second-order valence-electron chi connectivity index (χ2n) is 4.67. The van der Waals surface area contributed by atoms with Crippen molar-refractivity contribution >= 4 is 0 Å². The molecule has 14 heavy (non-hydrogen) atoms. The van der Waals surface area contributed by atoms with Crippen molar-refractivity contribution in [2.24, 2.45) is 10.6 Å². The van der Waals surface area contributed by atoms with Crippen LogP contribution in [0, 0.1) is 10.3 Å². The number of nitroso groups, excluding NO2 is 1. The first-order valence-corrected chi connectivity index (χ1v) is 4.76. The van der Waals surface area contributed by atoms with Gasteiger partial charge < -0.3 is 4.57 Å². The number of imidazole rings is 1. The summed E-state index contributed by atoms with van der Waals surface area (Å²) in [7, 11) is 0. The maximum atomic E-state index is 10.8. The van der Waals surface area contributed by atoms with Crippen molar-refractivity contribution in [1.82, 2.24) is 9.55 Å². The second-order valence-corrected chi connectivity index (χ2v) is 4.67. The van der Waals surface area contributed by atoms with Gasteiger partial charge in [-0.3, -0.25) is 0 Å². The van der Waals surface area contributed by atoms with Crippen molar-refractivity contribution in [3.63, 3.8) is 0 Å². The Morgan fingerprint density at radius 1 is 1.43 bits per heavy atom. The minimum atomic E-state index is -0.239. The van der Waals surface area contributed by atoms with Crippen LogP contribution in [0.3, 0.4) is 0 Å². The summed E-state index contributed by atoms with van der Waals surface area (Å²) in [4.78, 5) is 14.8. The van der Waals surface area contributed by atoms with Gasteiger partial charge in [0.2, 0.25) is 0 Å². The summed E-state index contributed by atoms with van der Waals surface area (Å²) in [6.45, 7) is 8.05. The summed E-state index contributed by atoms with van der Waals surface area (Å²) in [5, 5.41) is 3.22. The zero-order valence-electron chi connectivity index (χ0n) is 9.14. The molecule has 0 bridgehead atoms. The number of hydrogen-bond acceptors (Lipinski definition) is 3. The van der Waals surface area contributed by atoms with E-state index >= 15 is 0 Å². The van der Waals surface area contributed by atoms with Crippen LogP contribution in [0.25, 0.3) is 0 Å². The van der Waals surface area contributed by atoms with Gasteiger partial charge in [-0.2, -0.15) is 4.91 Å². The first-order chi connectivity index (χ1) is 6.46. The van der Waals surface area contributed by atoms with Gasteiger partial charge in [0.05, 0.1) is 12.4 Å². The van der Waals surface area contributed by atoms with Crippen LogP contribution in [0.4, 0.5) is 0 Å². The fourth-order valence-corrected chi connectivity index (χ4v) is 1.64. The van der Waals surface area contributed by atoms with Crippen molar-refractivity contribution < 1.29 is 0 Å². The summed E-state index contributed by atoms with van der Waals surface area (Å²) in [5.41, 5.74) is -0.120. The van der Waals surface area contributed by atoms with Gasteiger partial charge in [0.15, 0.2) is 0 Å². The number of rotatable bonds is 3. The molecular weight excluding hydrogens is 178 g/mol. The van der Waals surface area contributed by atoms with Crippen molar-refractivity contribution in [3.05, 3.63) is 23.6 Å². The second kappa shape index (κ2) is 3.90. The van der Waals surface area contributed by atoms with E-state index in [1.165, 1.54) is 0 Å². The molecule has 78 valence electrons. The minimum Gasteiger partial charge on any atom is -0.332 e. The lowest BCUT2D eigenvalue weighted by Crippen LogP contribution is -2.31. The Labute approximate surface area is 84.3 Å². The summed E-state index contributed by atoms with van der Waals surface area (Å²) >= 11 is 0. The van der Waals surface area contributed by atoms with E-state index in [4.69, 9.17) is 0 Å². The van der Waals surface area contributed by atoms with Gasteiger partial charge in [-0.05, 0) is 12.3 Å². The Balaban J connectivity index is 2.86. The van der Waals surface area contributed by atoms with E-state index in [0.717, 1.165) is 0 Å². The monoisotopic (exact) mass is 195 g/mol. The highest BCUT2D eigenvalue weighted by Gasteiger charge is 2.31. The third-order valence-electron chi connectivity index (χ3n) is 2.45. The molecule has 0 fully saturated rings. The van der Waals surface area contributed by atoms with E-state index in [0.29, 0.717) is 0 Å². The predicted molar refractivity (Wildman–Crippen MR) is 56.0 cm³/mol. The maximum Gasteiger partial charge on any atom is 0.117 e.